The first-order valence-electron chi connectivity index (χ1n) is 27.1. The van der Waals surface area contributed by atoms with Crippen LogP contribution in [0.4, 0.5) is 49.1 Å². The molecule has 24 heteroatoms. The van der Waals surface area contributed by atoms with E-state index in [1.165, 1.54) is 55.6 Å². The Morgan fingerprint density at radius 1 is 0.563 bits per heavy atom. The number of carboxylic acids is 1. The highest BCUT2D eigenvalue weighted by molar-refractivity contribution is 6.30. The average molecular weight is 1230 g/mol. The topological polar surface area (TPSA) is 186 Å². The highest BCUT2D eigenvalue weighted by atomic mass is 35.5. The molecule has 0 bridgehead atoms. The maximum absolute atomic E-state index is 15.4. The van der Waals surface area contributed by atoms with E-state index in [2.05, 4.69) is 30.6 Å². The van der Waals surface area contributed by atoms with Crippen molar-refractivity contribution in [1.82, 2.24) is 29.1 Å². The van der Waals surface area contributed by atoms with Gasteiger partial charge >= 0.3 is 11.9 Å². The van der Waals surface area contributed by atoms with Crippen LogP contribution in [0, 0.1) is 34.9 Å². The molecule has 10 aromatic rings. The minimum Gasteiger partial charge on any atom is -0.484 e. The van der Waals surface area contributed by atoms with Gasteiger partial charge in [-0.2, -0.15) is 0 Å². The largest absolute Gasteiger partial charge is 0.484 e. The summed E-state index contributed by atoms with van der Waals surface area (Å²) in [7, 11) is 1.23. The summed E-state index contributed by atoms with van der Waals surface area (Å²) in [5.41, 5.74) is 4.61. The monoisotopic (exact) mass is 1230 g/mol. The Morgan fingerprint density at radius 3 is 1.40 bits per heavy atom. The van der Waals surface area contributed by atoms with Crippen LogP contribution < -0.4 is 20.1 Å². The van der Waals surface area contributed by atoms with Crippen LogP contribution >= 0.6 is 23.2 Å². The second-order valence-electron chi connectivity index (χ2n) is 20.3. The molecule has 0 aliphatic carbocycles. The predicted octanol–water partition coefficient (Wildman–Crippen LogP) is 13.9. The van der Waals surface area contributed by atoms with Crippen molar-refractivity contribution in [3.05, 3.63) is 224 Å². The Hall–Kier alpha value is -9.22. The van der Waals surface area contributed by atoms with Gasteiger partial charge in [0.25, 0.3) is 0 Å². The van der Waals surface area contributed by atoms with E-state index in [0.717, 1.165) is 37.1 Å². The number of pyridine rings is 2. The Morgan fingerprint density at radius 2 is 1.00 bits per heavy atom. The number of esters is 1. The van der Waals surface area contributed by atoms with Gasteiger partial charge in [-0.05, 0) is 133 Å². The zero-order valence-corrected chi connectivity index (χ0v) is 47.5. The predicted molar refractivity (Wildman–Crippen MR) is 311 cm³/mol. The maximum Gasteiger partial charge on any atom is 0.338 e. The summed E-state index contributed by atoms with van der Waals surface area (Å²) < 4.78 is 119. The first-order valence-corrected chi connectivity index (χ1v) is 27.8. The van der Waals surface area contributed by atoms with Gasteiger partial charge in [-0.1, -0.05) is 35.3 Å². The third-order valence-corrected chi connectivity index (χ3v) is 14.8. The average Bonchev–Trinajstić information content (AvgIpc) is 3.04. The number of ether oxygens (including phenoxy) is 5. The van der Waals surface area contributed by atoms with E-state index < -0.39 is 46.8 Å². The molecule has 0 unspecified atom stereocenters. The van der Waals surface area contributed by atoms with Gasteiger partial charge in [0.1, 0.15) is 47.5 Å². The van der Waals surface area contributed by atoms with Gasteiger partial charge in [0.05, 0.1) is 66.0 Å². The van der Waals surface area contributed by atoms with Gasteiger partial charge in [0, 0.05) is 71.2 Å². The summed E-state index contributed by atoms with van der Waals surface area (Å²) in [5, 5.41) is 16.2. The molecular formula is C63H50Cl2F6N8O8. The number of halogens is 8. The number of anilines is 4. The van der Waals surface area contributed by atoms with Crippen LogP contribution in [0.3, 0.4) is 0 Å². The van der Waals surface area contributed by atoms with E-state index in [-0.39, 0.29) is 82.0 Å². The van der Waals surface area contributed by atoms with Gasteiger partial charge < -0.3 is 48.6 Å². The molecule has 12 rings (SSSR count). The molecular weight excluding hydrogens is 1180 g/mol. The second kappa shape index (κ2) is 26.2. The van der Waals surface area contributed by atoms with Crippen LogP contribution in [0.2, 0.25) is 10.0 Å². The SMILES string of the molecule is COC(=O)c1cc(F)c2nc(Cc3ccc(Nc4ccnc(COc5ccc(Cl)cc5F)c4)cc3F)n(C[C@@H]3CCO3)c2c1.O=C(O)c1cc(F)c2nc(Cc3ccc(Nc4ccnc(COc5ccc(Cl)cc5F)c4)cc3F)n(C[C@@H]3CCO3)c2c1. The van der Waals surface area contributed by atoms with Crippen LogP contribution in [-0.4, -0.2) is 78.6 Å². The molecule has 2 aliphatic rings. The lowest BCUT2D eigenvalue weighted by Gasteiger charge is -2.27. The van der Waals surface area contributed by atoms with Crippen molar-refractivity contribution >= 4 is 80.0 Å². The Bertz CT molecular complexity index is 4240. The van der Waals surface area contributed by atoms with Crippen molar-refractivity contribution in [2.45, 2.75) is 64.2 Å². The first-order chi connectivity index (χ1) is 42.0. The highest BCUT2D eigenvalue weighted by Crippen LogP contribution is 2.32. The van der Waals surface area contributed by atoms with Gasteiger partial charge in [-0.3, -0.25) is 9.97 Å². The number of carbonyl (C=O) groups is 2. The third-order valence-electron chi connectivity index (χ3n) is 14.4. The molecule has 2 fully saturated rings. The third kappa shape index (κ3) is 14.1. The van der Waals surface area contributed by atoms with Crippen LogP contribution in [0.15, 0.2) is 134 Å². The number of rotatable bonds is 20. The number of hydrogen-bond acceptors (Lipinski definition) is 13. The van der Waals surface area contributed by atoms with E-state index in [1.54, 1.807) is 70.1 Å². The smallest absolute Gasteiger partial charge is 0.338 e. The Kier molecular flexibility index (Phi) is 17.9. The fourth-order valence-electron chi connectivity index (χ4n) is 9.73. The molecule has 16 nitrogen and oxygen atoms in total. The zero-order chi connectivity index (χ0) is 60.9. The van der Waals surface area contributed by atoms with E-state index in [0.29, 0.717) is 94.2 Å². The fourth-order valence-corrected chi connectivity index (χ4v) is 10.0. The lowest BCUT2D eigenvalue weighted by atomic mass is 10.1. The Labute approximate surface area is 502 Å². The number of imidazole rings is 2. The number of nitrogens with one attached hydrogen (secondary N) is 2. The van der Waals surface area contributed by atoms with E-state index in [1.807, 2.05) is 0 Å². The number of hydrogen-bond donors (Lipinski definition) is 3. The normalized spacial score (nSPS) is 14.4. The van der Waals surface area contributed by atoms with Crippen LogP contribution in [0.1, 0.15) is 67.7 Å². The number of carboxylic acid groups (broad SMARTS) is 1. The number of methoxy groups -OCH3 is 1. The molecule has 0 radical (unpaired) electrons. The van der Waals surface area contributed by atoms with E-state index in [4.69, 9.17) is 46.9 Å². The summed E-state index contributed by atoms with van der Waals surface area (Å²) >= 11 is 11.6. The van der Waals surface area contributed by atoms with Crippen LogP contribution in [0.25, 0.3) is 22.1 Å². The minimum atomic E-state index is -1.26. The standard InChI is InChI=1S/C32H26ClF3N4O4.C31H24ClF3N4O4/c1-42-32(41)19-10-27(36)31-28(11-19)40(16-24-7-9-43-24)30(39-31)12-18-2-4-21(15-25(18)34)38-22-6-8-37-23(14-22)17-44-29-5-3-20(33)13-26(29)35;32-19-2-4-28(25(34)12-19)43-16-22-13-21(5-7-36-22)37-20-3-1-17(24(33)14-20)11-29-38-30-26(35)9-18(31(40)41)10-27(30)39(29)15-23-6-8-42-23/h2-6,8,10-11,13-15,24H,7,9,12,16-17H2,1H3,(H,37,38);1-5,7,9-10,12-14,23H,6,8,11,15-16H2,(H,36,37)(H,40,41)/t24-;23-/m00/s1. The van der Waals surface area contributed by atoms with Gasteiger partial charge in [-0.15, -0.1) is 0 Å². The zero-order valence-electron chi connectivity index (χ0n) is 45.9. The molecule has 0 saturated carbocycles. The number of fused-ring (bicyclic) bond motifs is 2. The van der Waals surface area contributed by atoms with Crippen molar-refractivity contribution in [3.8, 4) is 11.5 Å². The molecule has 2 aliphatic heterocycles. The van der Waals surface area contributed by atoms with Crippen LogP contribution in [-0.2, 0) is 53.4 Å². The summed E-state index contributed by atoms with van der Waals surface area (Å²) in [6, 6.07) is 29.3. The lowest BCUT2D eigenvalue weighted by molar-refractivity contribution is -0.0591. The second-order valence-corrected chi connectivity index (χ2v) is 21.2. The molecule has 87 heavy (non-hydrogen) atoms. The Balaban J connectivity index is 0.000000180. The summed E-state index contributed by atoms with van der Waals surface area (Å²) in [4.78, 5) is 41.0. The molecule has 0 spiro atoms. The van der Waals surface area contributed by atoms with E-state index >= 15 is 13.2 Å². The van der Waals surface area contributed by atoms with Crippen molar-refractivity contribution in [1.29, 1.82) is 0 Å². The molecule has 6 heterocycles. The maximum atomic E-state index is 15.4. The highest BCUT2D eigenvalue weighted by Gasteiger charge is 2.27. The molecule has 2 atom stereocenters. The molecule has 3 N–H and O–H groups in total. The van der Waals surface area contributed by atoms with Gasteiger partial charge in [-0.25, -0.2) is 45.9 Å². The number of benzene rings is 6. The number of aromatic nitrogens is 6. The summed E-state index contributed by atoms with van der Waals surface area (Å²) in [6.07, 6.45) is 4.66. The molecule has 0 amide bonds. The van der Waals surface area contributed by atoms with Gasteiger partial charge in [0.15, 0.2) is 34.8 Å². The molecule has 4 aromatic heterocycles. The van der Waals surface area contributed by atoms with E-state index in [9.17, 15) is 27.9 Å². The lowest BCUT2D eigenvalue weighted by Crippen LogP contribution is -2.31. The molecule has 446 valence electrons. The van der Waals surface area contributed by atoms with Crippen molar-refractivity contribution in [3.63, 3.8) is 0 Å². The van der Waals surface area contributed by atoms with Crippen molar-refractivity contribution < 1.29 is 64.7 Å². The van der Waals surface area contributed by atoms with Crippen molar-refractivity contribution in [2.75, 3.05) is 31.0 Å². The molecule has 2 saturated heterocycles. The number of nitrogens with zero attached hydrogens (tertiary/aromatic N) is 6. The van der Waals surface area contributed by atoms with Gasteiger partial charge in [0.2, 0.25) is 0 Å². The molecule has 6 aromatic carbocycles. The number of aromatic carboxylic acids is 1. The van der Waals surface area contributed by atoms with Crippen LogP contribution in [0.5, 0.6) is 11.5 Å². The summed E-state index contributed by atoms with van der Waals surface area (Å²) in [5.74, 6) is -4.59. The number of carbonyl (C=O) groups excluding carboxylic acids is 1. The fraction of sp³-hybridized carbons (Fsp3) is 0.206. The quantitative estimate of drug-likeness (QED) is 0.0483. The first kappa shape index (κ1) is 59.5. The van der Waals surface area contributed by atoms with Crippen molar-refractivity contribution in [2.24, 2.45) is 0 Å². The summed E-state index contributed by atoms with van der Waals surface area (Å²) in [6.45, 7) is 1.98. The minimum absolute atomic E-state index is 0.00280.